The lowest BCUT2D eigenvalue weighted by Crippen LogP contribution is -2.14. The third kappa shape index (κ3) is 2.79. The number of nitro groups is 1. The predicted octanol–water partition coefficient (Wildman–Crippen LogP) is 3.77. The van der Waals surface area contributed by atoms with E-state index in [1.54, 1.807) is 32.2 Å². The summed E-state index contributed by atoms with van der Waals surface area (Å²) in [6.45, 7) is 1.59. The number of nitrogens with zero attached hydrogens (tertiary/aromatic N) is 2. The summed E-state index contributed by atoms with van der Waals surface area (Å²) < 4.78 is 6.09. The molecular formula is C16H13N3O4S. The molecular weight excluding hydrogens is 330 g/mol. The van der Waals surface area contributed by atoms with Crippen molar-refractivity contribution in [3.05, 3.63) is 57.6 Å². The monoisotopic (exact) mass is 343 g/mol. The minimum Gasteiger partial charge on any atom is -0.494 e. The van der Waals surface area contributed by atoms with Crippen LogP contribution in [0.4, 0.5) is 10.8 Å². The van der Waals surface area contributed by atoms with Crippen LogP contribution in [0.5, 0.6) is 5.75 Å². The zero-order valence-corrected chi connectivity index (χ0v) is 13.7. The summed E-state index contributed by atoms with van der Waals surface area (Å²) >= 11 is 1.28. The molecule has 0 aliphatic carbocycles. The molecule has 0 unspecified atom stereocenters. The molecule has 3 rings (SSSR count). The van der Waals surface area contributed by atoms with Gasteiger partial charge in [-0.05, 0) is 25.1 Å². The van der Waals surface area contributed by atoms with Crippen LogP contribution in [0.3, 0.4) is 0 Å². The van der Waals surface area contributed by atoms with E-state index >= 15 is 0 Å². The van der Waals surface area contributed by atoms with Crippen molar-refractivity contribution < 1.29 is 14.5 Å². The van der Waals surface area contributed by atoms with Crippen molar-refractivity contribution in [2.45, 2.75) is 6.92 Å². The normalized spacial score (nSPS) is 10.6. The summed E-state index contributed by atoms with van der Waals surface area (Å²) in [6, 6.07) is 10.1. The molecule has 0 atom stereocenters. The van der Waals surface area contributed by atoms with Crippen LogP contribution >= 0.6 is 11.3 Å². The highest BCUT2D eigenvalue weighted by atomic mass is 32.1. The fourth-order valence-corrected chi connectivity index (χ4v) is 3.27. The lowest BCUT2D eigenvalue weighted by atomic mass is 10.1. The smallest absolute Gasteiger partial charge is 0.285 e. The molecule has 122 valence electrons. The van der Waals surface area contributed by atoms with Crippen LogP contribution in [0.2, 0.25) is 0 Å². The predicted molar refractivity (Wildman–Crippen MR) is 92.0 cm³/mol. The maximum Gasteiger partial charge on any atom is 0.285 e. The van der Waals surface area contributed by atoms with E-state index in [4.69, 9.17) is 4.74 Å². The highest BCUT2D eigenvalue weighted by Crippen LogP contribution is 2.32. The molecule has 0 radical (unpaired) electrons. The standard InChI is InChI=1S/C16H13N3O4S/c1-9-5-3-6-10(14(9)19(21)22)15(20)18-16-17-13-11(23-2)7-4-8-12(13)24-16/h3-8H,1-2H3,(H,17,18,20). The lowest BCUT2D eigenvalue weighted by Gasteiger charge is -2.04. The van der Waals surface area contributed by atoms with Crippen molar-refractivity contribution >= 4 is 38.3 Å². The first-order valence-corrected chi connectivity index (χ1v) is 7.82. The van der Waals surface area contributed by atoms with Crippen LogP contribution in [0, 0.1) is 17.0 Å². The average Bonchev–Trinajstić information content (AvgIpc) is 2.96. The molecule has 8 heteroatoms. The molecule has 0 bridgehead atoms. The lowest BCUT2D eigenvalue weighted by molar-refractivity contribution is -0.385. The van der Waals surface area contributed by atoms with Gasteiger partial charge in [-0.15, -0.1) is 0 Å². The van der Waals surface area contributed by atoms with Gasteiger partial charge in [0, 0.05) is 5.56 Å². The summed E-state index contributed by atoms with van der Waals surface area (Å²) in [5.74, 6) is 0.0363. The van der Waals surface area contributed by atoms with E-state index < -0.39 is 10.8 Å². The van der Waals surface area contributed by atoms with Crippen LogP contribution < -0.4 is 10.1 Å². The maximum absolute atomic E-state index is 12.4. The third-order valence-electron chi connectivity index (χ3n) is 3.49. The summed E-state index contributed by atoms with van der Waals surface area (Å²) in [7, 11) is 1.54. The number of methoxy groups -OCH3 is 1. The Balaban J connectivity index is 1.96. The molecule has 0 aliphatic rings. The molecule has 0 fully saturated rings. The van der Waals surface area contributed by atoms with Gasteiger partial charge in [0.15, 0.2) is 5.13 Å². The Bertz CT molecular complexity index is 952. The second-order valence-electron chi connectivity index (χ2n) is 5.01. The number of hydrogen-bond acceptors (Lipinski definition) is 6. The third-order valence-corrected chi connectivity index (χ3v) is 4.42. The Morgan fingerprint density at radius 2 is 2.04 bits per heavy atom. The Kier molecular flexibility index (Phi) is 4.13. The highest BCUT2D eigenvalue weighted by Gasteiger charge is 2.23. The van der Waals surface area contributed by atoms with Crippen molar-refractivity contribution in [3.63, 3.8) is 0 Å². The Labute approximate surface area is 141 Å². The van der Waals surface area contributed by atoms with Gasteiger partial charge in [-0.1, -0.05) is 29.5 Å². The summed E-state index contributed by atoms with van der Waals surface area (Å²) in [6.07, 6.45) is 0. The number of hydrogen-bond donors (Lipinski definition) is 1. The van der Waals surface area contributed by atoms with Crippen molar-refractivity contribution in [3.8, 4) is 5.75 Å². The first-order chi connectivity index (χ1) is 11.5. The zero-order valence-electron chi connectivity index (χ0n) is 12.9. The molecule has 1 heterocycles. The number of nitrogens with one attached hydrogen (secondary N) is 1. The van der Waals surface area contributed by atoms with Crippen LogP contribution in [0.25, 0.3) is 10.2 Å². The molecule has 0 aliphatic heterocycles. The van der Waals surface area contributed by atoms with Crippen LogP contribution in [-0.2, 0) is 0 Å². The van der Waals surface area contributed by atoms with Gasteiger partial charge >= 0.3 is 0 Å². The second kappa shape index (κ2) is 6.25. The molecule has 1 N–H and O–H groups in total. The number of fused-ring (bicyclic) bond motifs is 1. The number of rotatable bonds is 4. The van der Waals surface area contributed by atoms with Crippen molar-refractivity contribution in [2.75, 3.05) is 12.4 Å². The number of anilines is 1. The Morgan fingerprint density at radius 1 is 1.29 bits per heavy atom. The highest BCUT2D eigenvalue weighted by molar-refractivity contribution is 7.22. The minimum absolute atomic E-state index is 0.00576. The van der Waals surface area contributed by atoms with Gasteiger partial charge in [0.2, 0.25) is 0 Å². The molecule has 7 nitrogen and oxygen atoms in total. The van der Waals surface area contributed by atoms with Crippen molar-refractivity contribution in [1.29, 1.82) is 0 Å². The second-order valence-corrected chi connectivity index (χ2v) is 6.04. The van der Waals surface area contributed by atoms with Gasteiger partial charge in [0.25, 0.3) is 11.6 Å². The van der Waals surface area contributed by atoms with Gasteiger partial charge < -0.3 is 4.74 Å². The first kappa shape index (κ1) is 15.9. The molecule has 2 aromatic carbocycles. The van der Waals surface area contributed by atoms with Crippen molar-refractivity contribution in [2.24, 2.45) is 0 Å². The number of carbonyl (C=O) groups is 1. The molecule has 3 aromatic rings. The van der Waals surface area contributed by atoms with E-state index in [-0.39, 0.29) is 11.3 Å². The van der Waals surface area contributed by atoms with Gasteiger partial charge in [0.05, 0.1) is 16.7 Å². The van der Waals surface area contributed by atoms with Gasteiger partial charge in [-0.25, -0.2) is 4.98 Å². The number of aromatic nitrogens is 1. The number of benzene rings is 2. The van der Waals surface area contributed by atoms with E-state index in [9.17, 15) is 14.9 Å². The average molecular weight is 343 g/mol. The molecule has 1 aromatic heterocycles. The summed E-state index contributed by atoms with van der Waals surface area (Å²) in [4.78, 5) is 27.5. The maximum atomic E-state index is 12.4. The Morgan fingerprint density at radius 3 is 2.75 bits per heavy atom. The molecule has 0 saturated carbocycles. The topological polar surface area (TPSA) is 94.4 Å². The minimum atomic E-state index is -0.566. The number of ether oxygens (including phenoxy) is 1. The fraction of sp³-hybridized carbons (Fsp3) is 0.125. The van der Waals surface area contributed by atoms with E-state index in [0.29, 0.717) is 22.0 Å². The number of aryl methyl sites for hydroxylation is 1. The molecule has 0 spiro atoms. The number of amides is 1. The van der Waals surface area contributed by atoms with E-state index in [2.05, 4.69) is 10.3 Å². The number of para-hydroxylation sites is 2. The van der Waals surface area contributed by atoms with Gasteiger partial charge in [-0.2, -0.15) is 0 Å². The van der Waals surface area contributed by atoms with Crippen LogP contribution in [0.1, 0.15) is 15.9 Å². The number of nitro benzene ring substituents is 1. The zero-order chi connectivity index (χ0) is 17.3. The summed E-state index contributed by atoms with van der Waals surface area (Å²) in [5, 5.41) is 14.2. The van der Waals surface area contributed by atoms with Crippen LogP contribution in [-0.4, -0.2) is 22.9 Å². The van der Waals surface area contributed by atoms with Crippen molar-refractivity contribution in [1.82, 2.24) is 4.98 Å². The number of carbonyl (C=O) groups excluding carboxylic acids is 1. The number of thiazole rings is 1. The summed E-state index contributed by atoms with van der Waals surface area (Å²) in [5.41, 5.74) is 0.873. The van der Waals surface area contributed by atoms with E-state index in [1.807, 2.05) is 12.1 Å². The molecule has 0 saturated heterocycles. The van der Waals surface area contributed by atoms with E-state index in [1.165, 1.54) is 17.4 Å². The van der Waals surface area contributed by atoms with Crippen LogP contribution in [0.15, 0.2) is 36.4 Å². The molecule has 1 amide bonds. The SMILES string of the molecule is COc1cccc2sc(NC(=O)c3cccc(C)c3[N+](=O)[O-])nc12. The Hall–Kier alpha value is -3.00. The van der Waals surface area contributed by atoms with Gasteiger partial charge in [-0.3, -0.25) is 20.2 Å². The van der Waals surface area contributed by atoms with E-state index in [0.717, 1.165) is 4.70 Å². The first-order valence-electron chi connectivity index (χ1n) is 7.00. The fourth-order valence-electron chi connectivity index (χ4n) is 2.39. The molecule has 24 heavy (non-hydrogen) atoms. The quantitative estimate of drug-likeness (QED) is 0.575. The largest absolute Gasteiger partial charge is 0.494 e. The van der Waals surface area contributed by atoms with Gasteiger partial charge in [0.1, 0.15) is 16.8 Å².